The fraction of sp³-hybridized carbons (Fsp3) is 0.857. The smallest absolute Gasteiger partial charge is 0.0417 e. The van der Waals surface area contributed by atoms with Crippen LogP contribution < -0.4 is 5.43 Å². The van der Waals surface area contributed by atoms with Gasteiger partial charge in [0.05, 0.1) is 0 Å². The molecule has 106 valence electrons. The third kappa shape index (κ3) is 7.30. The standard InChI is InChI=1S/C14H30N4/c1-10(2)15-16-13(7)9-14(8)17-18(11(3)4)12(5)6/h10-12,15H,9H2,1-8H3/b16-13-,17-14+. The van der Waals surface area contributed by atoms with Gasteiger partial charge >= 0.3 is 0 Å². The van der Waals surface area contributed by atoms with E-state index in [1.54, 1.807) is 0 Å². The van der Waals surface area contributed by atoms with Crippen molar-refractivity contribution < 1.29 is 0 Å². The molecule has 0 saturated heterocycles. The van der Waals surface area contributed by atoms with Gasteiger partial charge in [-0.3, -0.25) is 5.01 Å². The molecule has 18 heavy (non-hydrogen) atoms. The van der Waals surface area contributed by atoms with Crippen molar-refractivity contribution in [3.05, 3.63) is 0 Å². The summed E-state index contributed by atoms with van der Waals surface area (Å²) in [6.07, 6.45) is 0.815. The molecular weight excluding hydrogens is 224 g/mol. The Morgan fingerprint density at radius 1 is 0.944 bits per heavy atom. The SMILES string of the molecule is C/C(C/C(C)=N/N(C(C)C)C(C)C)=N/NC(C)C. The van der Waals surface area contributed by atoms with Crippen molar-refractivity contribution in [3.8, 4) is 0 Å². The number of hydrazone groups is 2. The molecule has 0 bridgehead atoms. The van der Waals surface area contributed by atoms with Crippen LogP contribution in [0, 0.1) is 0 Å². The molecule has 0 aromatic carbocycles. The summed E-state index contributed by atoms with van der Waals surface area (Å²) in [7, 11) is 0. The number of hydrogen-bond acceptors (Lipinski definition) is 4. The van der Waals surface area contributed by atoms with Gasteiger partial charge in [0, 0.05) is 36.0 Å². The Morgan fingerprint density at radius 2 is 1.44 bits per heavy atom. The van der Waals surface area contributed by atoms with Crippen molar-refractivity contribution in [2.75, 3.05) is 0 Å². The first kappa shape index (κ1) is 16.9. The van der Waals surface area contributed by atoms with Crippen molar-refractivity contribution in [3.63, 3.8) is 0 Å². The van der Waals surface area contributed by atoms with E-state index in [2.05, 4.69) is 69.1 Å². The van der Waals surface area contributed by atoms with Gasteiger partial charge in [0.1, 0.15) is 0 Å². The van der Waals surface area contributed by atoms with Crippen molar-refractivity contribution in [2.24, 2.45) is 10.2 Å². The van der Waals surface area contributed by atoms with Crippen molar-refractivity contribution >= 4 is 11.4 Å². The summed E-state index contributed by atoms with van der Waals surface area (Å²) in [5.74, 6) is 0. The van der Waals surface area contributed by atoms with Crippen LogP contribution in [-0.2, 0) is 0 Å². The zero-order chi connectivity index (χ0) is 14.3. The lowest BCUT2D eigenvalue weighted by Crippen LogP contribution is -2.33. The highest BCUT2D eigenvalue weighted by Gasteiger charge is 2.10. The van der Waals surface area contributed by atoms with E-state index in [-0.39, 0.29) is 0 Å². The number of hydrogen-bond donors (Lipinski definition) is 1. The molecule has 0 atom stereocenters. The van der Waals surface area contributed by atoms with Crippen LogP contribution in [0.5, 0.6) is 0 Å². The fourth-order valence-electron chi connectivity index (χ4n) is 1.71. The third-order valence-electron chi connectivity index (χ3n) is 2.37. The lowest BCUT2D eigenvalue weighted by Gasteiger charge is -2.28. The molecule has 1 N–H and O–H groups in total. The first-order valence-corrected chi connectivity index (χ1v) is 6.85. The molecule has 0 saturated carbocycles. The predicted octanol–water partition coefficient (Wildman–Crippen LogP) is 3.25. The number of nitrogens with zero attached hydrogens (tertiary/aromatic N) is 3. The normalized spacial score (nSPS) is 13.7. The number of nitrogens with one attached hydrogen (secondary N) is 1. The first-order valence-electron chi connectivity index (χ1n) is 6.85. The maximum Gasteiger partial charge on any atom is 0.0417 e. The molecular formula is C14H30N4. The zero-order valence-electron chi connectivity index (χ0n) is 13.3. The molecule has 0 aromatic rings. The molecule has 0 unspecified atom stereocenters. The first-order chi connectivity index (χ1) is 8.23. The van der Waals surface area contributed by atoms with Crippen molar-refractivity contribution in [1.82, 2.24) is 10.4 Å². The van der Waals surface area contributed by atoms with Gasteiger partial charge in [-0.05, 0) is 55.4 Å². The van der Waals surface area contributed by atoms with Gasteiger partial charge in [-0.25, -0.2) is 0 Å². The van der Waals surface area contributed by atoms with Gasteiger partial charge in [-0.2, -0.15) is 10.2 Å². The second kappa shape index (κ2) is 8.11. The van der Waals surface area contributed by atoms with Gasteiger partial charge in [-0.15, -0.1) is 0 Å². The van der Waals surface area contributed by atoms with E-state index in [0.29, 0.717) is 18.1 Å². The molecule has 0 radical (unpaired) electrons. The Kier molecular flexibility index (Phi) is 7.64. The predicted molar refractivity (Wildman–Crippen MR) is 81.2 cm³/mol. The minimum absolute atomic E-state index is 0.375. The molecule has 0 spiro atoms. The Hall–Kier alpha value is -1.06. The van der Waals surface area contributed by atoms with Crippen LogP contribution in [0.3, 0.4) is 0 Å². The minimum Gasteiger partial charge on any atom is -0.308 e. The van der Waals surface area contributed by atoms with Gasteiger partial charge in [0.15, 0.2) is 0 Å². The van der Waals surface area contributed by atoms with Crippen LogP contribution in [-0.4, -0.2) is 34.6 Å². The number of rotatable bonds is 7. The van der Waals surface area contributed by atoms with E-state index in [1.807, 2.05) is 6.92 Å². The molecule has 0 aromatic heterocycles. The summed E-state index contributed by atoms with van der Waals surface area (Å²) in [5, 5.41) is 11.1. The van der Waals surface area contributed by atoms with Crippen LogP contribution in [0.1, 0.15) is 61.8 Å². The Labute approximate surface area is 113 Å². The quantitative estimate of drug-likeness (QED) is 0.559. The average molecular weight is 254 g/mol. The molecule has 4 nitrogen and oxygen atoms in total. The average Bonchev–Trinajstić information content (AvgIpc) is 2.22. The Morgan fingerprint density at radius 3 is 1.83 bits per heavy atom. The molecule has 0 aliphatic rings. The maximum atomic E-state index is 4.68. The summed E-state index contributed by atoms with van der Waals surface area (Å²) in [5.41, 5.74) is 5.24. The van der Waals surface area contributed by atoms with Crippen LogP contribution in [0.15, 0.2) is 10.2 Å². The third-order valence-corrected chi connectivity index (χ3v) is 2.37. The second-order valence-corrected chi connectivity index (χ2v) is 5.71. The van der Waals surface area contributed by atoms with Crippen LogP contribution in [0.25, 0.3) is 0 Å². The van der Waals surface area contributed by atoms with Crippen molar-refractivity contribution in [1.29, 1.82) is 0 Å². The molecule has 0 heterocycles. The van der Waals surface area contributed by atoms with Gasteiger partial charge in [-0.1, -0.05) is 0 Å². The maximum absolute atomic E-state index is 4.68. The van der Waals surface area contributed by atoms with Crippen LogP contribution in [0.4, 0.5) is 0 Å². The van der Waals surface area contributed by atoms with E-state index in [0.717, 1.165) is 17.8 Å². The van der Waals surface area contributed by atoms with E-state index in [9.17, 15) is 0 Å². The lowest BCUT2D eigenvalue weighted by atomic mass is 10.2. The summed E-state index contributed by atoms with van der Waals surface area (Å²) >= 11 is 0. The highest BCUT2D eigenvalue weighted by atomic mass is 15.5. The summed E-state index contributed by atoms with van der Waals surface area (Å²) in [6.45, 7) is 16.9. The van der Waals surface area contributed by atoms with Crippen LogP contribution in [0.2, 0.25) is 0 Å². The molecule has 0 fully saturated rings. The van der Waals surface area contributed by atoms with E-state index in [1.165, 1.54) is 0 Å². The largest absolute Gasteiger partial charge is 0.308 e. The lowest BCUT2D eigenvalue weighted by molar-refractivity contribution is 0.183. The summed E-state index contributed by atoms with van der Waals surface area (Å²) in [4.78, 5) is 0. The highest BCUT2D eigenvalue weighted by molar-refractivity contribution is 6.02. The van der Waals surface area contributed by atoms with Crippen molar-refractivity contribution in [2.45, 2.75) is 79.9 Å². The monoisotopic (exact) mass is 254 g/mol. The fourth-order valence-corrected chi connectivity index (χ4v) is 1.71. The molecule has 0 amide bonds. The van der Waals surface area contributed by atoms with E-state index >= 15 is 0 Å². The topological polar surface area (TPSA) is 40.0 Å². The zero-order valence-corrected chi connectivity index (χ0v) is 13.3. The summed E-state index contributed by atoms with van der Waals surface area (Å²) < 4.78 is 0. The minimum atomic E-state index is 0.375. The van der Waals surface area contributed by atoms with E-state index < -0.39 is 0 Å². The summed E-state index contributed by atoms with van der Waals surface area (Å²) in [6, 6.07) is 1.22. The molecule has 4 heteroatoms. The van der Waals surface area contributed by atoms with E-state index in [4.69, 9.17) is 0 Å². The highest BCUT2D eigenvalue weighted by Crippen LogP contribution is 2.07. The van der Waals surface area contributed by atoms with Crippen LogP contribution >= 0.6 is 0 Å². The van der Waals surface area contributed by atoms with Gasteiger partial charge in [0.2, 0.25) is 0 Å². The molecule has 0 aliphatic carbocycles. The Bertz CT molecular complexity index is 282. The molecule has 0 rings (SSSR count). The van der Waals surface area contributed by atoms with Gasteiger partial charge < -0.3 is 5.43 Å². The Balaban J connectivity index is 4.54. The molecule has 0 aliphatic heterocycles. The van der Waals surface area contributed by atoms with Gasteiger partial charge in [0.25, 0.3) is 0 Å². The second-order valence-electron chi connectivity index (χ2n) is 5.71.